The highest BCUT2D eigenvalue weighted by Crippen LogP contribution is 2.20. The third-order valence-corrected chi connectivity index (χ3v) is 3.64. The van der Waals surface area contributed by atoms with Gasteiger partial charge >= 0.3 is 0 Å². The lowest BCUT2D eigenvalue weighted by Gasteiger charge is -2.28. The van der Waals surface area contributed by atoms with Crippen molar-refractivity contribution in [1.82, 2.24) is 4.90 Å². The van der Waals surface area contributed by atoms with Gasteiger partial charge in [-0.1, -0.05) is 50.1 Å². The number of benzene rings is 1. The van der Waals surface area contributed by atoms with Crippen LogP contribution in [-0.2, 0) is 13.0 Å². The third-order valence-electron chi connectivity index (χ3n) is 3.64. The summed E-state index contributed by atoms with van der Waals surface area (Å²) in [7, 11) is 0. The first kappa shape index (κ1) is 12.8. The van der Waals surface area contributed by atoms with Crippen molar-refractivity contribution in [2.24, 2.45) is 0 Å². The second kappa shape index (κ2) is 5.83. The van der Waals surface area contributed by atoms with Crippen molar-refractivity contribution >= 4 is 0 Å². The highest BCUT2D eigenvalue weighted by atomic mass is 15.1. The van der Waals surface area contributed by atoms with Gasteiger partial charge < -0.3 is 0 Å². The van der Waals surface area contributed by atoms with E-state index in [2.05, 4.69) is 48.9 Å². The minimum atomic E-state index is 0.965. The first-order valence-corrected chi connectivity index (χ1v) is 6.49. The second-order valence-electron chi connectivity index (χ2n) is 4.88. The summed E-state index contributed by atoms with van der Waals surface area (Å²) in [5, 5.41) is 0. The third kappa shape index (κ3) is 2.99. The first-order valence-electron chi connectivity index (χ1n) is 6.49. The van der Waals surface area contributed by atoms with Crippen molar-refractivity contribution in [3.8, 4) is 0 Å². The van der Waals surface area contributed by atoms with E-state index in [-0.39, 0.29) is 0 Å². The molecule has 2 rings (SSSR count). The van der Waals surface area contributed by atoms with E-state index in [0.717, 1.165) is 43.6 Å². The van der Waals surface area contributed by atoms with Crippen molar-refractivity contribution in [3.63, 3.8) is 0 Å². The lowest BCUT2D eigenvalue weighted by molar-refractivity contribution is 0.258. The number of allylic oxidation sites excluding steroid dienone is 2. The van der Waals surface area contributed by atoms with Crippen LogP contribution in [-0.4, -0.2) is 18.0 Å². The van der Waals surface area contributed by atoms with E-state index < -0.39 is 0 Å². The molecule has 0 spiro atoms. The van der Waals surface area contributed by atoms with Crippen LogP contribution in [0.1, 0.15) is 17.5 Å². The molecule has 1 aliphatic rings. The Morgan fingerprint density at radius 3 is 2.67 bits per heavy atom. The highest BCUT2D eigenvalue weighted by Gasteiger charge is 2.15. The molecule has 0 aliphatic carbocycles. The maximum atomic E-state index is 4.06. The lowest BCUT2D eigenvalue weighted by atomic mass is 9.99. The lowest BCUT2D eigenvalue weighted by Crippen LogP contribution is -2.31. The Balaban J connectivity index is 1.89. The molecule has 0 radical (unpaired) electrons. The number of hydrogen-bond donors (Lipinski definition) is 0. The zero-order valence-electron chi connectivity index (χ0n) is 11.0. The van der Waals surface area contributed by atoms with E-state index in [1.165, 1.54) is 11.1 Å². The zero-order chi connectivity index (χ0) is 13.0. The van der Waals surface area contributed by atoms with Gasteiger partial charge in [-0.3, -0.25) is 4.90 Å². The predicted molar refractivity (Wildman–Crippen MR) is 78.5 cm³/mol. The number of hydrogen-bond acceptors (Lipinski definition) is 1. The number of rotatable bonds is 5. The molecular formula is C17H21N. The van der Waals surface area contributed by atoms with Gasteiger partial charge in [-0.05, 0) is 35.1 Å². The van der Waals surface area contributed by atoms with Crippen LogP contribution in [0.2, 0.25) is 0 Å². The van der Waals surface area contributed by atoms with Gasteiger partial charge in [0.2, 0.25) is 0 Å². The summed E-state index contributed by atoms with van der Waals surface area (Å²) in [6.45, 7) is 15.0. The Labute approximate surface area is 110 Å². The van der Waals surface area contributed by atoms with Crippen molar-refractivity contribution in [3.05, 3.63) is 72.4 Å². The molecule has 1 nitrogen and oxygen atoms in total. The average Bonchev–Trinajstić information content (AvgIpc) is 2.43. The molecule has 0 N–H and O–H groups in total. The van der Waals surface area contributed by atoms with E-state index >= 15 is 0 Å². The summed E-state index contributed by atoms with van der Waals surface area (Å²) in [5.41, 5.74) is 5.04. The number of nitrogens with zero attached hydrogens (tertiary/aromatic N) is 1. The normalized spacial score (nSPS) is 14.9. The molecule has 0 amide bonds. The van der Waals surface area contributed by atoms with E-state index in [0.29, 0.717) is 0 Å². The Morgan fingerprint density at radius 2 is 1.94 bits per heavy atom. The molecular weight excluding hydrogens is 218 g/mol. The van der Waals surface area contributed by atoms with Crippen molar-refractivity contribution < 1.29 is 0 Å². The molecule has 0 fully saturated rings. The monoisotopic (exact) mass is 239 g/mol. The van der Waals surface area contributed by atoms with Crippen LogP contribution < -0.4 is 0 Å². The van der Waals surface area contributed by atoms with E-state index in [4.69, 9.17) is 0 Å². The molecule has 0 saturated carbocycles. The Hall–Kier alpha value is -1.60. The van der Waals surface area contributed by atoms with Crippen molar-refractivity contribution in [2.75, 3.05) is 13.1 Å². The first-order chi connectivity index (χ1) is 8.70. The summed E-state index contributed by atoms with van der Waals surface area (Å²) in [6.07, 6.45) is 3.92. The molecule has 1 aliphatic heterocycles. The molecule has 94 valence electrons. The van der Waals surface area contributed by atoms with Crippen LogP contribution >= 0.6 is 0 Å². The molecule has 1 aromatic carbocycles. The molecule has 0 atom stereocenters. The van der Waals surface area contributed by atoms with E-state index in [1.807, 2.05) is 0 Å². The Kier molecular flexibility index (Phi) is 4.16. The van der Waals surface area contributed by atoms with Gasteiger partial charge in [0.1, 0.15) is 0 Å². The number of fused-ring (bicyclic) bond motifs is 1. The topological polar surface area (TPSA) is 3.24 Å². The van der Waals surface area contributed by atoms with Gasteiger partial charge in [-0.2, -0.15) is 0 Å². The SMILES string of the molecule is C=CC(=C)C(=C)CCN1CCc2ccccc2C1. The van der Waals surface area contributed by atoms with Gasteiger partial charge in [0, 0.05) is 19.6 Å². The van der Waals surface area contributed by atoms with E-state index in [1.54, 1.807) is 6.08 Å². The van der Waals surface area contributed by atoms with Crippen LogP contribution in [0.15, 0.2) is 61.2 Å². The molecule has 0 bridgehead atoms. The quantitative estimate of drug-likeness (QED) is 0.708. The predicted octanol–water partition coefficient (Wildman–Crippen LogP) is 3.73. The minimum Gasteiger partial charge on any atom is -0.298 e. The maximum absolute atomic E-state index is 4.06. The van der Waals surface area contributed by atoms with Crippen LogP contribution in [0.5, 0.6) is 0 Å². The minimum absolute atomic E-state index is 0.965. The fourth-order valence-electron chi connectivity index (χ4n) is 2.34. The van der Waals surface area contributed by atoms with Gasteiger partial charge in [-0.15, -0.1) is 0 Å². The zero-order valence-corrected chi connectivity index (χ0v) is 11.0. The highest BCUT2D eigenvalue weighted by molar-refractivity contribution is 5.34. The maximum Gasteiger partial charge on any atom is 0.0236 e. The molecule has 1 heteroatoms. The molecule has 0 saturated heterocycles. The van der Waals surface area contributed by atoms with Crippen molar-refractivity contribution in [1.29, 1.82) is 0 Å². The molecule has 18 heavy (non-hydrogen) atoms. The average molecular weight is 239 g/mol. The molecule has 1 heterocycles. The molecule has 0 unspecified atom stereocenters. The van der Waals surface area contributed by atoms with Gasteiger partial charge in [0.05, 0.1) is 0 Å². The fourth-order valence-corrected chi connectivity index (χ4v) is 2.34. The Morgan fingerprint density at radius 1 is 1.22 bits per heavy atom. The Bertz CT molecular complexity index is 470. The van der Waals surface area contributed by atoms with Crippen LogP contribution in [0.25, 0.3) is 0 Å². The van der Waals surface area contributed by atoms with Crippen LogP contribution in [0.3, 0.4) is 0 Å². The van der Waals surface area contributed by atoms with Gasteiger partial charge in [0.25, 0.3) is 0 Å². The van der Waals surface area contributed by atoms with Crippen LogP contribution in [0.4, 0.5) is 0 Å². The standard InChI is InChI=1S/C17H21N/c1-4-14(2)15(3)9-11-18-12-10-16-7-5-6-8-17(16)13-18/h4-8H,1-3,9-13H2. The fraction of sp³-hybridized carbons (Fsp3) is 0.294. The summed E-state index contributed by atoms with van der Waals surface area (Å²) in [6, 6.07) is 8.73. The molecule has 1 aromatic rings. The van der Waals surface area contributed by atoms with Gasteiger partial charge in [0.15, 0.2) is 0 Å². The summed E-state index contributed by atoms with van der Waals surface area (Å²) in [4.78, 5) is 2.49. The summed E-state index contributed by atoms with van der Waals surface area (Å²) < 4.78 is 0. The van der Waals surface area contributed by atoms with Gasteiger partial charge in [-0.25, -0.2) is 0 Å². The molecule has 0 aromatic heterocycles. The second-order valence-corrected chi connectivity index (χ2v) is 4.88. The van der Waals surface area contributed by atoms with Crippen molar-refractivity contribution in [2.45, 2.75) is 19.4 Å². The largest absolute Gasteiger partial charge is 0.298 e. The summed E-state index contributed by atoms with van der Waals surface area (Å²) >= 11 is 0. The smallest absolute Gasteiger partial charge is 0.0236 e. The van der Waals surface area contributed by atoms with Crippen LogP contribution in [0, 0.1) is 0 Å². The summed E-state index contributed by atoms with van der Waals surface area (Å²) in [5.74, 6) is 0. The van der Waals surface area contributed by atoms with E-state index in [9.17, 15) is 0 Å².